The first-order chi connectivity index (χ1) is 22.3. The van der Waals surface area contributed by atoms with Crippen molar-refractivity contribution in [3.8, 4) is 0 Å². The zero-order valence-corrected chi connectivity index (χ0v) is 25.9. The largest absolute Gasteiger partial charge is 0.481 e. The zero-order chi connectivity index (χ0) is 34.9. The number of carbonyl (C=O) groups is 8. The maximum atomic E-state index is 12.8. The minimum atomic E-state index is -1.51. The molecule has 0 saturated heterocycles. The summed E-state index contributed by atoms with van der Waals surface area (Å²) in [6.07, 6.45) is 2.75. The van der Waals surface area contributed by atoms with Gasteiger partial charge in [0.1, 0.15) is 24.7 Å². The summed E-state index contributed by atoms with van der Waals surface area (Å²) >= 11 is 0. The van der Waals surface area contributed by atoms with Gasteiger partial charge in [0.05, 0.1) is 19.6 Å². The van der Waals surface area contributed by atoms with Crippen LogP contribution in [0.3, 0.4) is 0 Å². The van der Waals surface area contributed by atoms with Crippen LogP contribution in [0.2, 0.25) is 0 Å². The highest BCUT2D eigenvalue weighted by atomic mass is 16.5. The number of carboxylic acid groups (broad SMARTS) is 1. The van der Waals surface area contributed by atoms with Crippen molar-refractivity contribution in [2.75, 3.05) is 45.3 Å². The lowest BCUT2D eigenvalue weighted by molar-refractivity contribution is -0.140. The molecule has 8 amide bonds. The second kappa shape index (κ2) is 19.1. The van der Waals surface area contributed by atoms with E-state index in [1.807, 2.05) is 0 Å². The third-order valence-electron chi connectivity index (χ3n) is 6.22. The number of carboxylic acids is 1. The van der Waals surface area contributed by atoms with Gasteiger partial charge in [-0.1, -0.05) is 12.1 Å². The fourth-order valence-corrected chi connectivity index (χ4v) is 3.73. The van der Waals surface area contributed by atoms with Gasteiger partial charge in [-0.3, -0.25) is 38.5 Å². The molecule has 1 aliphatic heterocycles. The summed E-state index contributed by atoms with van der Waals surface area (Å²) in [5.74, 6) is -5.27. The number of nitrogens with one attached hydrogen (secondary N) is 5. The lowest BCUT2D eigenvalue weighted by Gasteiger charge is -2.21. The van der Waals surface area contributed by atoms with Gasteiger partial charge in [-0.05, 0) is 31.5 Å². The van der Waals surface area contributed by atoms with E-state index in [1.54, 1.807) is 0 Å². The van der Waals surface area contributed by atoms with Crippen LogP contribution in [-0.4, -0.2) is 122 Å². The number of urea groups is 1. The molecule has 1 aromatic rings. The highest BCUT2D eigenvalue weighted by Crippen LogP contribution is 2.10. The van der Waals surface area contributed by atoms with Gasteiger partial charge in [-0.25, -0.2) is 9.79 Å². The SMILES string of the molecule is COCCOCC(=O)NC(C)C(=O)NC(C)C(=O)NC(CC(=O)O)C(=O)Nc1ccc(/C=N/C(=O)NCCN2C(=O)C=CC2=O)cc1. The summed E-state index contributed by atoms with van der Waals surface area (Å²) in [6, 6.07) is 1.48. The zero-order valence-electron chi connectivity index (χ0n) is 25.9. The molecule has 6 N–H and O–H groups in total. The molecule has 3 atom stereocenters. The molecule has 18 nitrogen and oxygen atoms in total. The van der Waals surface area contributed by atoms with E-state index in [2.05, 4.69) is 31.6 Å². The second-order valence-corrected chi connectivity index (χ2v) is 9.99. The fourth-order valence-electron chi connectivity index (χ4n) is 3.73. The van der Waals surface area contributed by atoms with Crippen LogP contribution in [0.5, 0.6) is 0 Å². The van der Waals surface area contributed by atoms with Crippen LogP contribution in [0.4, 0.5) is 10.5 Å². The first-order valence-electron chi connectivity index (χ1n) is 14.3. The van der Waals surface area contributed by atoms with Crippen molar-refractivity contribution >= 4 is 59.3 Å². The van der Waals surface area contributed by atoms with Crippen LogP contribution >= 0.6 is 0 Å². The second-order valence-electron chi connectivity index (χ2n) is 9.99. The van der Waals surface area contributed by atoms with Crippen molar-refractivity contribution < 1.29 is 52.9 Å². The molecule has 1 heterocycles. The van der Waals surface area contributed by atoms with E-state index >= 15 is 0 Å². The van der Waals surface area contributed by atoms with E-state index in [0.29, 0.717) is 5.56 Å². The maximum Gasteiger partial charge on any atom is 0.340 e. The number of methoxy groups -OCH3 is 1. The summed E-state index contributed by atoms with van der Waals surface area (Å²) in [6.45, 7) is 2.87. The number of aliphatic carboxylic acids is 1. The Balaban J connectivity index is 1.85. The average Bonchev–Trinajstić information content (AvgIpc) is 3.34. The molecule has 18 heteroatoms. The van der Waals surface area contributed by atoms with Crippen molar-refractivity contribution in [1.29, 1.82) is 0 Å². The maximum absolute atomic E-state index is 12.8. The van der Waals surface area contributed by atoms with Crippen molar-refractivity contribution in [3.05, 3.63) is 42.0 Å². The summed E-state index contributed by atoms with van der Waals surface area (Å²) in [7, 11) is 1.47. The number of aliphatic imine (C=N–C) groups is 1. The lowest BCUT2D eigenvalue weighted by Crippen LogP contribution is -2.55. The Hall–Kier alpha value is -5.49. The van der Waals surface area contributed by atoms with Crippen LogP contribution in [0.15, 0.2) is 41.4 Å². The standard InChI is InChI=1S/C29H37N7O11/c1-17(32-22(37)16-47-13-12-46-3)26(42)33-18(2)27(43)35-21(14-25(40)41)28(44)34-20-6-4-19(5-7-20)15-31-29(45)30-10-11-36-23(38)8-9-24(36)39/h4-9,15,17-18,21H,10-14,16H2,1-3H3,(H,30,45)(H,32,37)(H,33,42)(H,34,44)(H,35,43)(H,40,41)/b31-15+. The summed E-state index contributed by atoms with van der Waals surface area (Å²) in [4.78, 5) is 101. The van der Waals surface area contributed by atoms with E-state index in [4.69, 9.17) is 9.47 Å². The quantitative estimate of drug-likeness (QED) is 0.0589. The van der Waals surface area contributed by atoms with Gasteiger partial charge in [-0.15, -0.1) is 0 Å². The van der Waals surface area contributed by atoms with Gasteiger partial charge >= 0.3 is 12.0 Å². The molecule has 0 radical (unpaired) electrons. The van der Waals surface area contributed by atoms with Crippen molar-refractivity contribution in [3.63, 3.8) is 0 Å². The van der Waals surface area contributed by atoms with Crippen LogP contribution in [0.1, 0.15) is 25.8 Å². The van der Waals surface area contributed by atoms with E-state index in [0.717, 1.165) is 17.1 Å². The van der Waals surface area contributed by atoms with Crippen LogP contribution in [0.25, 0.3) is 0 Å². The number of hydrogen-bond donors (Lipinski definition) is 6. The number of nitrogens with zero attached hydrogens (tertiary/aromatic N) is 2. The molecule has 0 saturated carbocycles. The van der Waals surface area contributed by atoms with Crippen molar-refractivity contribution in [2.24, 2.45) is 4.99 Å². The summed E-state index contributed by atoms with van der Waals surface area (Å²) in [5.41, 5.74) is 0.711. The Morgan fingerprint density at radius 2 is 1.51 bits per heavy atom. The molecular formula is C29H37N7O11. The minimum absolute atomic E-state index is 0.00268. The van der Waals surface area contributed by atoms with Crippen LogP contribution in [-0.2, 0) is 43.0 Å². The van der Waals surface area contributed by atoms with E-state index in [9.17, 15) is 43.5 Å². The predicted molar refractivity (Wildman–Crippen MR) is 164 cm³/mol. The Labute approximate surface area is 269 Å². The molecule has 254 valence electrons. The molecule has 1 aliphatic rings. The summed E-state index contributed by atoms with van der Waals surface area (Å²) in [5, 5.41) is 21.3. The number of benzene rings is 1. The van der Waals surface area contributed by atoms with Crippen LogP contribution in [0, 0.1) is 0 Å². The number of ether oxygens (including phenoxy) is 2. The lowest BCUT2D eigenvalue weighted by atomic mass is 10.1. The van der Waals surface area contributed by atoms with Crippen LogP contribution < -0.4 is 26.6 Å². The molecule has 3 unspecified atom stereocenters. The fraction of sp³-hybridized carbons (Fsp3) is 0.414. The van der Waals surface area contributed by atoms with Gasteiger partial charge in [0.15, 0.2) is 0 Å². The highest BCUT2D eigenvalue weighted by Gasteiger charge is 2.28. The smallest absolute Gasteiger partial charge is 0.340 e. The monoisotopic (exact) mass is 659 g/mol. The van der Waals surface area contributed by atoms with Crippen molar-refractivity contribution in [2.45, 2.75) is 38.4 Å². The topological polar surface area (TPSA) is 251 Å². The molecule has 1 aromatic carbocycles. The minimum Gasteiger partial charge on any atom is -0.481 e. The molecule has 0 aromatic heterocycles. The Kier molecular flexibility index (Phi) is 15.3. The van der Waals surface area contributed by atoms with E-state index in [-0.39, 0.29) is 38.6 Å². The molecule has 0 spiro atoms. The van der Waals surface area contributed by atoms with Gasteiger partial charge in [0.2, 0.25) is 23.6 Å². The molecule has 47 heavy (non-hydrogen) atoms. The predicted octanol–water partition coefficient (Wildman–Crippen LogP) is -1.69. The highest BCUT2D eigenvalue weighted by molar-refractivity contribution is 6.12. The van der Waals surface area contributed by atoms with Gasteiger partial charge in [0, 0.05) is 44.3 Å². The number of rotatable bonds is 18. The first-order valence-corrected chi connectivity index (χ1v) is 14.3. The van der Waals surface area contributed by atoms with Gasteiger partial charge in [0.25, 0.3) is 11.8 Å². The Morgan fingerprint density at radius 3 is 2.13 bits per heavy atom. The Morgan fingerprint density at radius 1 is 0.894 bits per heavy atom. The molecular weight excluding hydrogens is 622 g/mol. The third kappa shape index (κ3) is 13.6. The molecule has 2 rings (SSSR count). The number of anilines is 1. The van der Waals surface area contributed by atoms with Gasteiger partial charge < -0.3 is 41.2 Å². The number of amides is 8. The normalized spacial score (nSPS) is 14.3. The third-order valence-corrected chi connectivity index (χ3v) is 6.22. The summed E-state index contributed by atoms with van der Waals surface area (Å²) < 4.78 is 9.87. The number of hydrogen-bond acceptors (Lipinski definition) is 10. The van der Waals surface area contributed by atoms with Crippen molar-refractivity contribution in [1.82, 2.24) is 26.2 Å². The van der Waals surface area contributed by atoms with Gasteiger partial charge in [-0.2, -0.15) is 0 Å². The van der Waals surface area contributed by atoms with E-state index in [1.165, 1.54) is 51.4 Å². The number of imide groups is 1. The number of carbonyl (C=O) groups excluding carboxylic acids is 7. The van der Waals surface area contributed by atoms with E-state index < -0.39 is 72.0 Å². The first kappa shape index (κ1) is 37.7. The molecule has 0 fully saturated rings. The average molecular weight is 660 g/mol. The molecule has 0 aliphatic carbocycles. The molecule has 0 bridgehead atoms. The Bertz CT molecular complexity index is 1380.